The largest absolute Gasteiger partial charge is 0.492 e. The third-order valence-electron chi connectivity index (χ3n) is 2.83. The molecule has 0 radical (unpaired) electrons. The lowest BCUT2D eigenvalue weighted by atomic mass is 10.0. The second-order valence-electron chi connectivity index (χ2n) is 4.28. The van der Waals surface area contributed by atoms with Crippen LogP contribution in [0.5, 0.6) is 5.75 Å². The molecule has 20 heavy (non-hydrogen) atoms. The van der Waals surface area contributed by atoms with E-state index in [9.17, 15) is 4.79 Å². The third kappa shape index (κ3) is 3.53. The van der Waals surface area contributed by atoms with Crippen LogP contribution in [0.25, 0.3) is 0 Å². The minimum absolute atomic E-state index is 0.0638. The Morgan fingerprint density at radius 3 is 2.45 bits per heavy atom. The predicted molar refractivity (Wildman–Crippen MR) is 82.1 cm³/mol. The van der Waals surface area contributed by atoms with Crippen molar-refractivity contribution >= 4 is 29.0 Å². The summed E-state index contributed by atoms with van der Waals surface area (Å²) in [5, 5.41) is 0.756. The van der Waals surface area contributed by atoms with Crippen molar-refractivity contribution in [3.05, 3.63) is 63.6 Å². The molecule has 0 aromatic heterocycles. The van der Waals surface area contributed by atoms with Crippen molar-refractivity contribution < 1.29 is 9.53 Å². The highest BCUT2D eigenvalue weighted by atomic mass is 35.5. The summed E-state index contributed by atoms with van der Waals surface area (Å²) < 4.78 is 5.34. The Morgan fingerprint density at radius 2 is 1.80 bits per heavy atom. The number of benzene rings is 2. The molecule has 4 heteroatoms. The van der Waals surface area contributed by atoms with Crippen LogP contribution in [0.1, 0.15) is 22.8 Å². The highest BCUT2D eigenvalue weighted by Crippen LogP contribution is 2.31. The average molecular weight is 309 g/mol. The summed E-state index contributed by atoms with van der Waals surface area (Å²) in [6.45, 7) is 2.35. The lowest BCUT2D eigenvalue weighted by Crippen LogP contribution is -2.05. The van der Waals surface area contributed by atoms with E-state index in [4.69, 9.17) is 27.9 Å². The van der Waals surface area contributed by atoms with Crippen molar-refractivity contribution in [1.82, 2.24) is 0 Å². The average Bonchev–Trinajstić information content (AvgIpc) is 2.43. The van der Waals surface area contributed by atoms with Gasteiger partial charge >= 0.3 is 0 Å². The van der Waals surface area contributed by atoms with Crippen molar-refractivity contribution in [3.8, 4) is 5.75 Å². The summed E-state index contributed by atoms with van der Waals surface area (Å²) in [6.07, 6.45) is 0.296. The zero-order valence-corrected chi connectivity index (χ0v) is 12.5. The van der Waals surface area contributed by atoms with E-state index in [2.05, 4.69) is 0 Å². The molecular weight excluding hydrogens is 295 g/mol. The van der Waals surface area contributed by atoms with Gasteiger partial charge in [-0.1, -0.05) is 53.5 Å². The molecule has 2 nitrogen and oxygen atoms in total. The summed E-state index contributed by atoms with van der Waals surface area (Å²) in [6, 6.07) is 12.7. The molecule has 2 rings (SSSR count). The first kappa shape index (κ1) is 14.9. The Bertz CT molecular complexity index is 609. The van der Waals surface area contributed by atoms with Gasteiger partial charge in [0, 0.05) is 18.1 Å². The predicted octanol–water partition coefficient (Wildman–Crippen LogP) is 4.82. The Labute approximate surface area is 128 Å². The fraction of sp³-hybridized carbons (Fsp3) is 0.188. The number of Topliss-reactive ketones (excluding diaryl/α,β-unsaturated/α-hetero) is 1. The Hall–Kier alpha value is -1.51. The van der Waals surface area contributed by atoms with Crippen LogP contribution in [0.2, 0.25) is 10.0 Å². The molecule has 0 saturated carbocycles. The van der Waals surface area contributed by atoms with Crippen LogP contribution in [0.3, 0.4) is 0 Å². The number of ketones is 1. The second kappa shape index (κ2) is 6.78. The third-order valence-corrected chi connectivity index (χ3v) is 3.44. The van der Waals surface area contributed by atoms with Gasteiger partial charge in [-0.25, -0.2) is 0 Å². The van der Waals surface area contributed by atoms with E-state index in [1.165, 1.54) is 0 Å². The van der Waals surface area contributed by atoms with Crippen molar-refractivity contribution in [2.45, 2.75) is 13.3 Å². The van der Waals surface area contributed by atoms with Crippen LogP contribution in [0.15, 0.2) is 42.5 Å². The fourth-order valence-corrected chi connectivity index (χ4v) is 2.36. The number of hydrogen-bond acceptors (Lipinski definition) is 2. The molecule has 0 unspecified atom stereocenters. The molecular formula is C16H14Cl2O2. The Morgan fingerprint density at radius 1 is 1.10 bits per heavy atom. The molecule has 0 saturated heterocycles. The van der Waals surface area contributed by atoms with Crippen LogP contribution in [0, 0.1) is 0 Å². The zero-order valence-electron chi connectivity index (χ0n) is 11.0. The van der Waals surface area contributed by atoms with E-state index < -0.39 is 0 Å². The monoisotopic (exact) mass is 308 g/mol. The SMILES string of the molecule is CCOc1cc(Cl)c(C(=O)Cc2ccccc2)cc1Cl. The lowest BCUT2D eigenvalue weighted by Gasteiger charge is -2.09. The van der Waals surface area contributed by atoms with Gasteiger partial charge in [0.1, 0.15) is 5.75 Å². The summed E-state index contributed by atoms with van der Waals surface area (Å²) in [5.74, 6) is 0.432. The van der Waals surface area contributed by atoms with Crippen molar-refractivity contribution in [2.75, 3.05) is 6.61 Å². The van der Waals surface area contributed by atoms with E-state index in [1.807, 2.05) is 37.3 Å². The molecule has 0 N–H and O–H groups in total. The van der Waals surface area contributed by atoms with Crippen molar-refractivity contribution in [3.63, 3.8) is 0 Å². The quantitative estimate of drug-likeness (QED) is 0.740. The molecule has 104 valence electrons. The van der Waals surface area contributed by atoms with Crippen LogP contribution in [0.4, 0.5) is 0 Å². The second-order valence-corrected chi connectivity index (χ2v) is 5.10. The van der Waals surface area contributed by atoms with Gasteiger partial charge in [-0.3, -0.25) is 4.79 Å². The van der Waals surface area contributed by atoms with E-state index in [0.29, 0.717) is 34.4 Å². The standard InChI is InChI=1S/C16H14Cl2O2/c1-2-20-16-10-13(17)12(9-14(16)18)15(19)8-11-6-4-3-5-7-11/h3-7,9-10H,2,8H2,1H3. The molecule has 0 spiro atoms. The van der Waals surface area contributed by atoms with Crippen molar-refractivity contribution in [2.24, 2.45) is 0 Å². The fourth-order valence-electron chi connectivity index (χ4n) is 1.88. The summed E-state index contributed by atoms with van der Waals surface area (Å²) >= 11 is 12.2. The van der Waals surface area contributed by atoms with Crippen LogP contribution in [-0.2, 0) is 6.42 Å². The van der Waals surface area contributed by atoms with Gasteiger partial charge < -0.3 is 4.74 Å². The first-order chi connectivity index (χ1) is 9.61. The molecule has 2 aromatic rings. The maximum Gasteiger partial charge on any atom is 0.168 e. The van der Waals surface area contributed by atoms with Gasteiger partial charge in [0.25, 0.3) is 0 Å². The lowest BCUT2D eigenvalue weighted by molar-refractivity contribution is 0.0993. The first-order valence-electron chi connectivity index (χ1n) is 6.30. The van der Waals surface area contributed by atoms with Crippen LogP contribution < -0.4 is 4.74 Å². The number of carbonyl (C=O) groups is 1. The number of carbonyl (C=O) groups excluding carboxylic acids is 1. The highest BCUT2D eigenvalue weighted by molar-refractivity contribution is 6.36. The van der Waals surface area contributed by atoms with Crippen LogP contribution in [-0.4, -0.2) is 12.4 Å². The smallest absolute Gasteiger partial charge is 0.168 e. The molecule has 0 aliphatic heterocycles. The topological polar surface area (TPSA) is 26.3 Å². The molecule has 0 atom stereocenters. The molecule has 0 fully saturated rings. The minimum Gasteiger partial charge on any atom is -0.492 e. The summed E-state index contributed by atoms with van der Waals surface area (Å²) in [4.78, 5) is 12.3. The highest BCUT2D eigenvalue weighted by Gasteiger charge is 2.15. The van der Waals surface area contributed by atoms with E-state index in [0.717, 1.165) is 5.56 Å². The van der Waals surface area contributed by atoms with Crippen molar-refractivity contribution in [1.29, 1.82) is 0 Å². The molecule has 0 amide bonds. The van der Waals surface area contributed by atoms with E-state index in [-0.39, 0.29) is 5.78 Å². The molecule has 2 aromatic carbocycles. The van der Waals surface area contributed by atoms with Gasteiger partial charge in [0.2, 0.25) is 0 Å². The maximum atomic E-state index is 12.3. The van der Waals surface area contributed by atoms with E-state index >= 15 is 0 Å². The van der Waals surface area contributed by atoms with Gasteiger partial charge in [-0.05, 0) is 18.6 Å². The molecule has 0 aliphatic carbocycles. The first-order valence-corrected chi connectivity index (χ1v) is 7.06. The van der Waals surface area contributed by atoms with Gasteiger partial charge in [0.15, 0.2) is 5.78 Å². The summed E-state index contributed by atoms with van der Waals surface area (Å²) in [5.41, 5.74) is 1.36. The molecule has 0 aliphatic rings. The van der Waals surface area contributed by atoms with Gasteiger partial charge in [-0.15, -0.1) is 0 Å². The number of halogens is 2. The number of ether oxygens (including phenoxy) is 1. The van der Waals surface area contributed by atoms with Gasteiger partial charge in [-0.2, -0.15) is 0 Å². The Balaban J connectivity index is 2.24. The number of rotatable bonds is 5. The molecule has 0 bridgehead atoms. The van der Waals surface area contributed by atoms with Gasteiger partial charge in [0.05, 0.1) is 16.7 Å². The normalized spacial score (nSPS) is 10.3. The number of hydrogen-bond donors (Lipinski definition) is 0. The minimum atomic E-state index is -0.0638. The van der Waals surface area contributed by atoms with E-state index in [1.54, 1.807) is 12.1 Å². The summed E-state index contributed by atoms with van der Waals surface area (Å²) in [7, 11) is 0. The maximum absolute atomic E-state index is 12.3. The molecule has 0 heterocycles. The zero-order chi connectivity index (χ0) is 14.5. The Kier molecular flexibility index (Phi) is 5.05. The van der Waals surface area contributed by atoms with Crippen LogP contribution >= 0.6 is 23.2 Å².